The molecule has 7 heteroatoms. The molecule has 4 aromatic rings. The van der Waals surface area contributed by atoms with Crippen LogP contribution in [0.3, 0.4) is 0 Å². The maximum Gasteiger partial charge on any atom is 0.275 e. The van der Waals surface area contributed by atoms with E-state index in [-0.39, 0.29) is 23.4 Å². The van der Waals surface area contributed by atoms with Crippen molar-refractivity contribution in [3.05, 3.63) is 69.6 Å². The molecular weight excluding hydrogens is 420 g/mol. The summed E-state index contributed by atoms with van der Waals surface area (Å²) in [6.07, 6.45) is 2.90. The number of carbonyl (C=O) groups is 1. The van der Waals surface area contributed by atoms with Crippen molar-refractivity contribution < 1.29 is 4.79 Å². The van der Waals surface area contributed by atoms with Crippen LogP contribution in [0.5, 0.6) is 0 Å². The molecule has 164 valence electrons. The maximum absolute atomic E-state index is 13.9. The Bertz CT molecular complexity index is 1320. The first-order valence-corrected chi connectivity index (χ1v) is 12.0. The van der Waals surface area contributed by atoms with E-state index < -0.39 is 0 Å². The molecule has 0 saturated carbocycles. The molecule has 6 nitrogen and oxygen atoms in total. The smallest absolute Gasteiger partial charge is 0.275 e. The minimum atomic E-state index is -0.146. The summed E-state index contributed by atoms with van der Waals surface area (Å²) in [6.45, 7) is 5.22. The monoisotopic (exact) mass is 446 g/mol. The van der Waals surface area contributed by atoms with Gasteiger partial charge >= 0.3 is 0 Å². The van der Waals surface area contributed by atoms with Crippen LogP contribution in [0.1, 0.15) is 54.6 Å². The Morgan fingerprint density at radius 2 is 1.84 bits per heavy atom. The number of benzene rings is 2. The number of fused-ring (bicyclic) bond motifs is 2. The Balaban J connectivity index is 1.60. The van der Waals surface area contributed by atoms with Gasteiger partial charge in [0.25, 0.3) is 11.5 Å². The molecule has 0 bridgehead atoms. The third kappa shape index (κ3) is 3.71. The third-order valence-electron chi connectivity index (χ3n) is 5.97. The van der Waals surface area contributed by atoms with E-state index in [1.54, 1.807) is 17.4 Å². The summed E-state index contributed by atoms with van der Waals surface area (Å²) in [6, 6.07) is 15.3. The van der Waals surface area contributed by atoms with Crippen LogP contribution in [0.25, 0.3) is 21.0 Å². The Morgan fingerprint density at radius 1 is 1.09 bits per heavy atom. The highest BCUT2D eigenvalue weighted by Gasteiger charge is 2.33. The molecule has 1 atom stereocenters. The molecule has 0 radical (unpaired) electrons. The van der Waals surface area contributed by atoms with E-state index in [0.717, 1.165) is 34.5 Å². The average molecular weight is 447 g/mol. The van der Waals surface area contributed by atoms with E-state index in [1.165, 1.54) is 4.68 Å². The van der Waals surface area contributed by atoms with E-state index >= 15 is 0 Å². The predicted octanol–water partition coefficient (Wildman–Crippen LogP) is 5.03. The number of nitrogens with zero attached hydrogens (tertiary/aromatic N) is 4. The van der Waals surface area contributed by atoms with Crippen LogP contribution < -0.4 is 5.56 Å². The summed E-state index contributed by atoms with van der Waals surface area (Å²) in [5, 5.41) is 6.72. The summed E-state index contributed by atoms with van der Waals surface area (Å²) in [7, 11) is 0. The van der Waals surface area contributed by atoms with Gasteiger partial charge in [-0.3, -0.25) is 9.59 Å². The van der Waals surface area contributed by atoms with Crippen LogP contribution in [0.15, 0.2) is 53.3 Å². The lowest BCUT2D eigenvalue weighted by molar-refractivity contribution is 0.0604. The zero-order valence-corrected chi connectivity index (χ0v) is 19.1. The zero-order valence-electron chi connectivity index (χ0n) is 18.3. The summed E-state index contributed by atoms with van der Waals surface area (Å²) in [4.78, 5) is 33.6. The normalized spacial score (nSPS) is 16.8. The zero-order chi connectivity index (χ0) is 22.2. The van der Waals surface area contributed by atoms with Crippen molar-refractivity contribution in [2.75, 3.05) is 6.54 Å². The van der Waals surface area contributed by atoms with Gasteiger partial charge in [0, 0.05) is 18.5 Å². The number of rotatable bonds is 4. The SMILES string of the molecule is CC(C)Cn1nc(C(=O)N2CCCC[C@H]2c2nc3ccccc3s2)c2ccccc2c1=O. The highest BCUT2D eigenvalue weighted by Crippen LogP contribution is 2.36. The van der Waals surface area contributed by atoms with Gasteiger partial charge in [-0.05, 0) is 43.4 Å². The molecule has 1 aliphatic heterocycles. The summed E-state index contributed by atoms with van der Waals surface area (Å²) in [5.41, 5.74) is 1.18. The fraction of sp³-hybridized carbons (Fsp3) is 0.360. The van der Waals surface area contributed by atoms with Crippen molar-refractivity contribution in [2.24, 2.45) is 5.92 Å². The van der Waals surface area contributed by atoms with Crippen molar-refractivity contribution in [2.45, 2.75) is 45.7 Å². The molecular formula is C25H26N4O2S. The molecule has 1 fully saturated rings. The van der Waals surface area contributed by atoms with E-state index in [0.29, 0.717) is 29.6 Å². The van der Waals surface area contributed by atoms with Crippen molar-refractivity contribution in [1.29, 1.82) is 0 Å². The molecule has 1 aliphatic rings. The van der Waals surface area contributed by atoms with Gasteiger partial charge in [-0.2, -0.15) is 5.10 Å². The van der Waals surface area contributed by atoms with Crippen LogP contribution in [-0.2, 0) is 6.54 Å². The van der Waals surface area contributed by atoms with Crippen LogP contribution >= 0.6 is 11.3 Å². The summed E-state index contributed by atoms with van der Waals surface area (Å²) in [5.74, 6) is 0.123. The number of piperidine rings is 1. The van der Waals surface area contributed by atoms with E-state index in [2.05, 4.69) is 11.2 Å². The highest BCUT2D eigenvalue weighted by molar-refractivity contribution is 7.18. The fourth-order valence-electron chi connectivity index (χ4n) is 4.46. The van der Waals surface area contributed by atoms with Crippen molar-refractivity contribution in [3.8, 4) is 0 Å². The van der Waals surface area contributed by atoms with Crippen LogP contribution in [-0.4, -0.2) is 32.1 Å². The third-order valence-corrected chi connectivity index (χ3v) is 7.11. The first-order valence-electron chi connectivity index (χ1n) is 11.2. The van der Waals surface area contributed by atoms with Crippen molar-refractivity contribution in [3.63, 3.8) is 0 Å². The first-order chi connectivity index (χ1) is 15.5. The second kappa shape index (κ2) is 8.47. The van der Waals surface area contributed by atoms with Gasteiger partial charge in [0.2, 0.25) is 0 Å². The Hall–Kier alpha value is -3.06. The molecule has 32 heavy (non-hydrogen) atoms. The first kappa shape index (κ1) is 20.8. The second-order valence-electron chi connectivity index (χ2n) is 8.81. The number of hydrogen-bond donors (Lipinski definition) is 0. The van der Waals surface area contributed by atoms with Crippen molar-refractivity contribution >= 4 is 38.2 Å². The van der Waals surface area contributed by atoms with Gasteiger partial charge < -0.3 is 4.90 Å². The quantitative estimate of drug-likeness (QED) is 0.441. The second-order valence-corrected chi connectivity index (χ2v) is 9.87. The molecule has 1 saturated heterocycles. The molecule has 0 spiro atoms. The molecule has 1 amide bonds. The number of aromatic nitrogens is 3. The molecule has 5 rings (SSSR count). The van der Waals surface area contributed by atoms with Gasteiger partial charge in [-0.25, -0.2) is 9.67 Å². The number of carbonyl (C=O) groups excluding carboxylic acids is 1. The van der Waals surface area contributed by atoms with Gasteiger partial charge in [-0.1, -0.05) is 44.2 Å². The number of amides is 1. The Kier molecular flexibility index (Phi) is 5.51. The van der Waals surface area contributed by atoms with Gasteiger partial charge in [0.05, 0.1) is 21.6 Å². The van der Waals surface area contributed by atoms with Gasteiger partial charge in [0.15, 0.2) is 5.69 Å². The molecule has 2 aromatic heterocycles. The molecule has 0 aliphatic carbocycles. The van der Waals surface area contributed by atoms with Crippen LogP contribution in [0.4, 0.5) is 0 Å². The molecule has 3 heterocycles. The maximum atomic E-state index is 13.9. The number of para-hydroxylation sites is 1. The topological polar surface area (TPSA) is 68.1 Å². The van der Waals surface area contributed by atoms with E-state index in [1.807, 2.05) is 55.1 Å². The van der Waals surface area contributed by atoms with Crippen LogP contribution in [0, 0.1) is 5.92 Å². The van der Waals surface area contributed by atoms with E-state index in [9.17, 15) is 9.59 Å². The highest BCUT2D eigenvalue weighted by atomic mass is 32.1. The minimum absolute atomic E-state index is 0.0697. The number of likely N-dealkylation sites (tertiary alicyclic amines) is 1. The standard InChI is InChI=1S/C25H26N4O2S/c1-16(2)15-29-24(30)18-10-4-3-9-17(18)22(27-29)25(31)28-14-8-7-12-20(28)23-26-19-11-5-6-13-21(19)32-23/h3-6,9-11,13,16,20H,7-8,12,14-15H2,1-2H3/t20-/m0/s1. The lowest BCUT2D eigenvalue weighted by Gasteiger charge is -2.34. The van der Waals surface area contributed by atoms with E-state index in [4.69, 9.17) is 4.98 Å². The fourth-order valence-corrected chi connectivity index (χ4v) is 5.58. The molecule has 2 aromatic carbocycles. The number of hydrogen-bond acceptors (Lipinski definition) is 5. The summed E-state index contributed by atoms with van der Waals surface area (Å²) < 4.78 is 2.59. The largest absolute Gasteiger partial charge is 0.328 e. The minimum Gasteiger partial charge on any atom is -0.328 e. The van der Waals surface area contributed by atoms with Gasteiger partial charge in [0.1, 0.15) is 5.01 Å². The van der Waals surface area contributed by atoms with Gasteiger partial charge in [-0.15, -0.1) is 11.3 Å². The Labute approximate surface area is 190 Å². The van der Waals surface area contributed by atoms with Crippen LogP contribution in [0.2, 0.25) is 0 Å². The average Bonchev–Trinajstić information content (AvgIpc) is 3.24. The van der Waals surface area contributed by atoms with Crippen molar-refractivity contribution in [1.82, 2.24) is 19.7 Å². The number of thiazole rings is 1. The Morgan fingerprint density at radius 3 is 2.62 bits per heavy atom. The molecule has 0 N–H and O–H groups in total. The molecule has 0 unspecified atom stereocenters. The lowest BCUT2D eigenvalue weighted by atomic mass is 10.0. The predicted molar refractivity (Wildman–Crippen MR) is 128 cm³/mol. The lowest BCUT2D eigenvalue weighted by Crippen LogP contribution is -2.40. The summed E-state index contributed by atoms with van der Waals surface area (Å²) >= 11 is 1.66.